The molecule has 0 radical (unpaired) electrons. The average Bonchev–Trinajstić information content (AvgIpc) is 3.37. The predicted molar refractivity (Wildman–Crippen MR) is 154 cm³/mol. The Kier molecular flexibility index (Phi) is 8.02. The third-order valence-corrected chi connectivity index (χ3v) is 8.36. The van der Waals surface area contributed by atoms with E-state index in [4.69, 9.17) is 0 Å². The molecule has 13 heteroatoms. The quantitative estimate of drug-likeness (QED) is 0.284. The number of piperazine rings is 1. The monoisotopic (exact) mass is 583 g/mol. The van der Waals surface area contributed by atoms with Gasteiger partial charge in [0.1, 0.15) is 10.6 Å². The van der Waals surface area contributed by atoms with E-state index >= 15 is 0 Å². The summed E-state index contributed by atoms with van der Waals surface area (Å²) in [6.07, 6.45) is 4.11. The molecule has 1 atom stereocenters. The molecule has 5 rings (SSSR count). The SMILES string of the molecule is CC[C@@H](C(=O)Nc1cccc2c(-c3nc(Nc4cccc(S(C)(=O)=O)c4F)ncc3F)c[nH]c12)N1CCN(C)CC1. The van der Waals surface area contributed by atoms with Crippen molar-refractivity contribution in [1.82, 2.24) is 24.8 Å². The van der Waals surface area contributed by atoms with Crippen LogP contribution in [-0.4, -0.2) is 84.6 Å². The summed E-state index contributed by atoms with van der Waals surface area (Å²) in [6, 6.07) is 8.91. The number of H-pyrrole nitrogens is 1. The predicted octanol–water partition coefficient (Wildman–Crippen LogP) is 4.01. The van der Waals surface area contributed by atoms with Crippen LogP contribution in [0.2, 0.25) is 0 Å². The molecule has 1 aliphatic heterocycles. The summed E-state index contributed by atoms with van der Waals surface area (Å²) in [5.74, 6) is -1.93. The molecule has 2 aromatic carbocycles. The fraction of sp³-hybridized carbons (Fsp3) is 0.321. The Morgan fingerprint density at radius 1 is 1.10 bits per heavy atom. The molecule has 41 heavy (non-hydrogen) atoms. The summed E-state index contributed by atoms with van der Waals surface area (Å²) in [5.41, 5.74) is 1.35. The highest BCUT2D eigenvalue weighted by Crippen LogP contribution is 2.34. The summed E-state index contributed by atoms with van der Waals surface area (Å²) in [5, 5.41) is 6.30. The molecule has 0 unspecified atom stereocenters. The van der Waals surface area contributed by atoms with Gasteiger partial charge in [0, 0.05) is 49.6 Å². The van der Waals surface area contributed by atoms with Crippen molar-refractivity contribution in [3.05, 3.63) is 60.4 Å². The Morgan fingerprint density at radius 2 is 1.80 bits per heavy atom. The lowest BCUT2D eigenvalue weighted by molar-refractivity contribution is -0.122. The zero-order valence-electron chi connectivity index (χ0n) is 22.9. The Balaban J connectivity index is 1.43. The standard InChI is InChI=1S/C28H31F2N7O3S/c1-4-22(37-13-11-36(2)12-14-37)27(38)33-21-9-5-7-17-18(15-31-26(17)21)25-19(29)16-32-28(35-25)34-20-8-6-10-23(24(20)30)41(3,39)40/h5-10,15-16,22,31H,4,11-14H2,1-3H3,(H,33,38)(H,32,34,35)/t22-/m0/s1. The van der Waals surface area contributed by atoms with Crippen LogP contribution in [0.25, 0.3) is 22.2 Å². The molecule has 0 saturated carbocycles. The summed E-state index contributed by atoms with van der Waals surface area (Å²) in [4.78, 5) is 28.5. The zero-order chi connectivity index (χ0) is 29.3. The minimum Gasteiger partial charge on any atom is -0.359 e. The molecular weight excluding hydrogens is 552 g/mol. The molecule has 1 fully saturated rings. The molecule has 4 aromatic rings. The number of aromatic nitrogens is 3. The number of aromatic amines is 1. The van der Waals surface area contributed by atoms with E-state index in [1.165, 1.54) is 12.1 Å². The van der Waals surface area contributed by atoms with Crippen LogP contribution in [0.1, 0.15) is 13.3 Å². The van der Waals surface area contributed by atoms with Crippen molar-refractivity contribution in [2.45, 2.75) is 24.3 Å². The largest absolute Gasteiger partial charge is 0.359 e. The molecule has 0 spiro atoms. The molecule has 1 saturated heterocycles. The first-order valence-corrected chi connectivity index (χ1v) is 15.1. The molecule has 0 bridgehead atoms. The van der Waals surface area contributed by atoms with Gasteiger partial charge in [-0.25, -0.2) is 27.2 Å². The Morgan fingerprint density at radius 3 is 2.51 bits per heavy atom. The molecule has 0 aliphatic carbocycles. The Labute approximate surface area is 236 Å². The van der Waals surface area contributed by atoms with Crippen LogP contribution in [0, 0.1) is 11.6 Å². The maximum Gasteiger partial charge on any atom is 0.241 e. The minimum absolute atomic E-state index is 0.0548. The maximum atomic E-state index is 15.0. The third kappa shape index (κ3) is 5.92. The van der Waals surface area contributed by atoms with Gasteiger partial charge < -0.3 is 20.5 Å². The van der Waals surface area contributed by atoms with Crippen molar-refractivity contribution in [3.63, 3.8) is 0 Å². The molecule has 3 N–H and O–H groups in total. The first kappa shape index (κ1) is 28.6. The van der Waals surface area contributed by atoms with Crippen LogP contribution in [0.4, 0.5) is 26.1 Å². The van der Waals surface area contributed by atoms with Crippen molar-refractivity contribution in [3.8, 4) is 11.3 Å². The highest BCUT2D eigenvalue weighted by Gasteiger charge is 2.27. The molecule has 10 nitrogen and oxygen atoms in total. The first-order valence-electron chi connectivity index (χ1n) is 13.2. The van der Waals surface area contributed by atoms with E-state index in [-0.39, 0.29) is 29.3 Å². The van der Waals surface area contributed by atoms with Crippen molar-refractivity contribution in [2.24, 2.45) is 0 Å². The summed E-state index contributed by atoms with van der Waals surface area (Å²) < 4.78 is 53.7. The van der Waals surface area contributed by atoms with Gasteiger partial charge in [0.05, 0.1) is 29.1 Å². The van der Waals surface area contributed by atoms with E-state index in [1.54, 1.807) is 24.4 Å². The average molecular weight is 584 g/mol. The molecule has 2 aromatic heterocycles. The maximum absolute atomic E-state index is 15.0. The van der Waals surface area contributed by atoms with Crippen molar-refractivity contribution in [2.75, 3.05) is 50.1 Å². The number of anilines is 3. The number of hydrogen-bond acceptors (Lipinski definition) is 8. The van der Waals surface area contributed by atoms with Gasteiger partial charge in [-0.05, 0) is 31.7 Å². The molecule has 1 aliphatic rings. The number of fused-ring (bicyclic) bond motifs is 1. The Hall–Kier alpha value is -3.94. The highest BCUT2D eigenvalue weighted by atomic mass is 32.2. The van der Waals surface area contributed by atoms with Crippen LogP contribution in [0.15, 0.2) is 53.7 Å². The fourth-order valence-corrected chi connectivity index (χ4v) is 5.81. The smallest absolute Gasteiger partial charge is 0.241 e. The second-order valence-corrected chi connectivity index (χ2v) is 12.1. The number of likely N-dealkylation sites (N-methyl/N-ethyl adjacent to an activating group) is 1. The Bertz CT molecular complexity index is 1700. The third-order valence-electron chi connectivity index (χ3n) is 7.25. The van der Waals surface area contributed by atoms with Gasteiger partial charge in [-0.15, -0.1) is 0 Å². The van der Waals surface area contributed by atoms with Crippen molar-refractivity contribution >= 4 is 44.0 Å². The number of hydrogen-bond donors (Lipinski definition) is 3. The lowest BCUT2D eigenvalue weighted by Gasteiger charge is -2.36. The molecule has 1 amide bonds. The van der Waals surface area contributed by atoms with Gasteiger partial charge in [0.15, 0.2) is 21.5 Å². The van der Waals surface area contributed by atoms with E-state index in [1.807, 2.05) is 6.92 Å². The number of benzene rings is 2. The van der Waals surface area contributed by atoms with Crippen molar-refractivity contribution in [1.29, 1.82) is 0 Å². The summed E-state index contributed by atoms with van der Waals surface area (Å²) in [6.45, 7) is 5.41. The van der Waals surface area contributed by atoms with Gasteiger partial charge in [-0.2, -0.15) is 0 Å². The number of carbonyl (C=O) groups is 1. The van der Waals surface area contributed by atoms with E-state index in [0.29, 0.717) is 28.6 Å². The number of carbonyl (C=O) groups excluding carboxylic acids is 1. The van der Waals surface area contributed by atoms with Crippen LogP contribution in [-0.2, 0) is 14.6 Å². The van der Waals surface area contributed by atoms with E-state index in [0.717, 1.165) is 44.7 Å². The van der Waals surface area contributed by atoms with Crippen LogP contribution < -0.4 is 10.6 Å². The van der Waals surface area contributed by atoms with Crippen LogP contribution in [0.5, 0.6) is 0 Å². The number of para-hydroxylation sites is 1. The second-order valence-electron chi connectivity index (χ2n) is 10.1. The normalized spacial score (nSPS) is 15.6. The minimum atomic E-state index is -3.81. The van der Waals surface area contributed by atoms with E-state index in [2.05, 4.69) is 42.4 Å². The van der Waals surface area contributed by atoms with Gasteiger partial charge in [-0.1, -0.05) is 25.1 Å². The summed E-state index contributed by atoms with van der Waals surface area (Å²) in [7, 11) is -1.74. The molecule has 3 heterocycles. The number of nitrogens with zero attached hydrogens (tertiary/aromatic N) is 4. The van der Waals surface area contributed by atoms with E-state index in [9.17, 15) is 22.0 Å². The van der Waals surface area contributed by atoms with Gasteiger partial charge in [-0.3, -0.25) is 9.69 Å². The highest BCUT2D eigenvalue weighted by molar-refractivity contribution is 7.90. The number of rotatable bonds is 8. The van der Waals surface area contributed by atoms with Crippen LogP contribution >= 0.6 is 0 Å². The number of halogens is 2. The second kappa shape index (κ2) is 11.5. The van der Waals surface area contributed by atoms with E-state index < -0.39 is 26.4 Å². The van der Waals surface area contributed by atoms with Crippen molar-refractivity contribution < 1.29 is 22.0 Å². The fourth-order valence-electron chi connectivity index (χ4n) is 5.04. The topological polar surface area (TPSA) is 123 Å². The van der Waals surface area contributed by atoms with Gasteiger partial charge in [0.2, 0.25) is 11.9 Å². The van der Waals surface area contributed by atoms with Gasteiger partial charge in [0.25, 0.3) is 0 Å². The number of nitrogens with one attached hydrogen (secondary N) is 3. The van der Waals surface area contributed by atoms with Gasteiger partial charge >= 0.3 is 0 Å². The van der Waals surface area contributed by atoms with Crippen LogP contribution in [0.3, 0.4) is 0 Å². The molecular formula is C28H31F2N7O3S. The zero-order valence-corrected chi connectivity index (χ0v) is 23.7. The molecule has 216 valence electrons. The lowest BCUT2D eigenvalue weighted by Crippen LogP contribution is -2.52. The first-order chi connectivity index (χ1) is 19.6. The summed E-state index contributed by atoms with van der Waals surface area (Å²) >= 11 is 0. The lowest BCUT2D eigenvalue weighted by atomic mass is 10.1. The number of amides is 1. The number of sulfone groups is 1.